The number of methoxy groups -OCH3 is 2. The molecule has 100 valence electrons. The Labute approximate surface area is 104 Å². The van der Waals surface area contributed by atoms with Crippen LogP contribution in [0.5, 0.6) is 11.5 Å². The molecule has 0 fully saturated rings. The second-order valence-corrected chi connectivity index (χ2v) is 3.79. The topological polar surface area (TPSA) is 76.0 Å². The van der Waals surface area contributed by atoms with Crippen LogP contribution in [0.2, 0.25) is 0 Å². The molecule has 0 spiro atoms. The van der Waals surface area contributed by atoms with Crippen molar-refractivity contribution in [1.29, 1.82) is 0 Å². The molecule has 0 aliphatic heterocycles. The maximum Gasteiger partial charge on any atom is 0.339 e. The van der Waals surface area contributed by atoms with Gasteiger partial charge in [-0.2, -0.15) is 0 Å². The highest BCUT2D eigenvalue weighted by Gasteiger charge is 2.29. The predicted octanol–water partition coefficient (Wildman–Crippen LogP) is 1.36. The van der Waals surface area contributed by atoms with Crippen LogP contribution >= 0.6 is 0 Å². The predicted molar refractivity (Wildman–Crippen MR) is 61.1 cm³/mol. The smallest absolute Gasteiger partial charge is 0.339 e. The Hall–Kier alpha value is -1.82. The van der Waals surface area contributed by atoms with E-state index in [0.29, 0.717) is 0 Å². The van der Waals surface area contributed by atoms with Crippen LogP contribution in [-0.2, 0) is 9.53 Å². The highest BCUT2D eigenvalue weighted by Crippen LogP contribution is 2.41. The van der Waals surface area contributed by atoms with Gasteiger partial charge in [-0.15, -0.1) is 0 Å². The average Bonchev–Trinajstić information content (AvgIpc) is 2.35. The SMILES string of the molecule is COC(=O)C(O)c1c(C)c(F)c(C)c(OC)c1O. The molecule has 0 aliphatic carbocycles. The van der Waals surface area contributed by atoms with Gasteiger partial charge in [0, 0.05) is 11.1 Å². The molecule has 1 rings (SSSR count). The number of phenolic OH excluding ortho intramolecular Hbond substituents is 1. The maximum atomic E-state index is 13.9. The number of carbonyl (C=O) groups is 1. The van der Waals surface area contributed by atoms with E-state index in [1.54, 1.807) is 0 Å². The Morgan fingerprint density at radius 3 is 2.28 bits per heavy atom. The lowest BCUT2D eigenvalue weighted by Crippen LogP contribution is -2.16. The summed E-state index contributed by atoms with van der Waals surface area (Å²) in [6, 6.07) is 0. The first-order valence-electron chi connectivity index (χ1n) is 5.18. The number of halogens is 1. The number of aliphatic hydroxyl groups excluding tert-OH is 1. The van der Waals surface area contributed by atoms with E-state index in [-0.39, 0.29) is 22.4 Å². The van der Waals surface area contributed by atoms with Crippen molar-refractivity contribution in [3.05, 3.63) is 22.5 Å². The summed E-state index contributed by atoms with van der Waals surface area (Å²) in [6.45, 7) is 2.78. The number of phenols is 1. The van der Waals surface area contributed by atoms with Crippen molar-refractivity contribution in [3.63, 3.8) is 0 Å². The van der Waals surface area contributed by atoms with Crippen LogP contribution in [0.15, 0.2) is 0 Å². The van der Waals surface area contributed by atoms with Crippen molar-refractivity contribution in [1.82, 2.24) is 0 Å². The Morgan fingerprint density at radius 1 is 1.28 bits per heavy atom. The molecule has 0 bridgehead atoms. The summed E-state index contributed by atoms with van der Waals surface area (Å²) in [5, 5.41) is 19.7. The van der Waals surface area contributed by atoms with Crippen molar-refractivity contribution < 1.29 is 28.9 Å². The number of hydrogen-bond acceptors (Lipinski definition) is 5. The van der Waals surface area contributed by atoms with Gasteiger partial charge >= 0.3 is 5.97 Å². The van der Waals surface area contributed by atoms with Crippen molar-refractivity contribution >= 4 is 5.97 Å². The van der Waals surface area contributed by atoms with Crippen LogP contribution in [0.1, 0.15) is 22.8 Å². The zero-order valence-electron chi connectivity index (χ0n) is 10.6. The Morgan fingerprint density at radius 2 is 1.83 bits per heavy atom. The second kappa shape index (κ2) is 5.22. The van der Waals surface area contributed by atoms with E-state index >= 15 is 0 Å². The molecular formula is C12H15FO5. The van der Waals surface area contributed by atoms with Gasteiger partial charge in [-0.3, -0.25) is 0 Å². The fourth-order valence-electron chi connectivity index (χ4n) is 1.79. The van der Waals surface area contributed by atoms with Crippen molar-refractivity contribution in [3.8, 4) is 11.5 Å². The number of aliphatic hydroxyl groups is 1. The molecule has 0 heterocycles. The van der Waals surface area contributed by atoms with E-state index in [1.807, 2.05) is 0 Å². The molecule has 0 amide bonds. The lowest BCUT2D eigenvalue weighted by Gasteiger charge is -2.18. The third kappa shape index (κ3) is 2.11. The van der Waals surface area contributed by atoms with Crippen molar-refractivity contribution in [2.24, 2.45) is 0 Å². The van der Waals surface area contributed by atoms with Gasteiger partial charge in [-0.05, 0) is 19.4 Å². The number of aromatic hydroxyl groups is 1. The van der Waals surface area contributed by atoms with Crippen molar-refractivity contribution in [2.75, 3.05) is 14.2 Å². The molecule has 0 saturated heterocycles. The van der Waals surface area contributed by atoms with Gasteiger partial charge < -0.3 is 19.7 Å². The lowest BCUT2D eigenvalue weighted by atomic mass is 9.97. The molecule has 0 saturated carbocycles. The summed E-state index contributed by atoms with van der Waals surface area (Å²) in [5.41, 5.74) is -0.168. The van der Waals surface area contributed by atoms with Gasteiger partial charge in [-0.1, -0.05) is 0 Å². The molecular weight excluding hydrogens is 243 g/mol. The third-order valence-electron chi connectivity index (χ3n) is 2.78. The number of hydrogen-bond donors (Lipinski definition) is 2. The molecule has 5 nitrogen and oxygen atoms in total. The minimum Gasteiger partial charge on any atom is -0.504 e. The molecule has 2 N–H and O–H groups in total. The first-order chi connectivity index (χ1) is 8.36. The highest BCUT2D eigenvalue weighted by molar-refractivity contribution is 5.78. The first kappa shape index (κ1) is 14.2. The minimum atomic E-state index is -1.76. The molecule has 1 unspecified atom stereocenters. The van der Waals surface area contributed by atoms with Crippen LogP contribution < -0.4 is 4.74 Å². The van der Waals surface area contributed by atoms with Crippen LogP contribution in [0.25, 0.3) is 0 Å². The van der Waals surface area contributed by atoms with E-state index in [4.69, 9.17) is 4.74 Å². The van der Waals surface area contributed by atoms with Crippen LogP contribution in [0.4, 0.5) is 4.39 Å². The Bertz CT molecular complexity index is 484. The summed E-state index contributed by atoms with van der Waals surface area (Å²) >= 11 is 0. The fraction of sp³-hybridized carbons (Fsp3) is 0.417. The number of esters is 1. The summed E-state index contributed by atoms with van der Waals surface area (Å²) in [4.78, 5) is 11.3. The standard InChI is InChI=1S/C12H15FO5/c1-5-7(10(15)12(16)18-4)9(14)11(17-3)6(2)8(5)13/h10,14-15H,1-4H3. The molecule has 1 aromatic rings. The highest BCUT2D eigenvalue weighted by atomic mass is 19.1. The van der Waals surface area contributed by atoms with E-state index in [1.165, 1.54) is 21.0 Å². The van der Waals surface area contributed by atoms with Crippen LogP contribution in [-0.4, -0.2) is 30.4 Å². The minimum absolute atomic E-state index is 0.0244. The van der Waals surface area contributed by atoms with Gasteiger partial charge in [0.1, 0.15) is 5.82 Å². The second-order valence-electron chi connectivity index (χ2n) is 3.79. The summed E-state index contributed by atoms with van der Waals surface area (Å²) in [7, 11) is 2.34. The molecule has 1 aromatic carbocycles. The average molecular weight is 258 g/mol. The monoisotopic (exact) mass is 258 g/mol. The molecule has 18 heavy (non-hydrogen) atoms. The molecule has 0 aromatic heterocycles. The summed E-state index contributed by atoms with van der Waals surface area (Å²) in [6.07, 6.45) is -1.76. The lowest BCUT2D eigenvalue weighted by molar-refractivity contribution is -0.150. The number of carbonyl (C=O) groups excluding carboxylic acids is 1. The van der Waals surface area contributed by atoms with Gasteiger partial charge in [0.05, 0.1) is 14.2 Å². The van der Waals surface area contributed by atoms with Crippen LogP contribution in [0, 0.1) is 19.7 Å². The van der Waals surface area contributed by atoms with Gasteiger partial charge in [0.15, 0.2) is 17.6 Å². The summed E-state index contributed by atoms with van der Waals surface area (Å²) in [5.74, 6) is -2.22. The summed E-state index contributed by atoms with van der Waals surface area (Å²) < 4.78 is 23.1. The van der Waals surface area contributed by atoms with Crippen LogP contribution in [0.3, 0.4) is 0 Å². The van der Waals surface area contributed by atoms with Crippen molar-refractivity contribution in [2.45, 2.75) is 20.0 Å². The molecule has 6 heteroatoms. The first-order valence-corrected chi connectivity index (χ1v) is 5.18. The molecule has 0 radical (unpaired) electrons. The van der Waals surface area contributed by atoms with E-state index < -0.39 is 23.6 Å². The van der Waals surface area contributed by atoms with E-state index in [9.17, 15) is 19.4 Å². The number of rotatable bonds is 3. The zero-order valence-corrected chi connectivity index (χ0v) is 10.6. The Kier molecular flexibility index (Phi) is 4.13. The third-order valence-corrected chi connectivity index (χ3v) is 2.78. The van der Waals surface area contributed by atoms with E-state index in [0.717, 1.165) is 7.11 Å². The number of ether oxygens (including phenoxy) is 2. The van der Waals surface area contributed by atoms with E-state index in [2.05, 4.69) is 4.74 Å². The Balaban J connectivity index is 3.54. The van der Waals surface area contributed by atoms with Gasteiger partial charge in [0.2, 0.25) is 0 Å². The largest absolute Gasteiger partial charge is 0.504 e. The van der Waals surface area contributed by atoms with Gasteiger partial charge in [-0.25, -0.2) is 9.18 Å². The normalized spacial score (nSPS) is 12.1. The molecule has 1 atom stereocenters. The quantitative estimate of drug-likeness (QED) is 0.801. The molecule has 0 aliphatic rings. The fourth-order valence-corrected chi connectivity index (χ4v) is 1.79. The zero-order chi connectivity index (χ0) is 14.0. The number of benzene rings is 1. The maximum absolute atomic E-state index is 13.9. The van der Waals surface area contributed by atoms with Gasteiger partial charge in [0.25, 0.3) is 0 Å².